The summed E-state index contributed by atoms with van der Waals surface area (Å²) in [5.74, 6) is 0.796. The van der Waals surface area contributed by atoms with E-state index in [4.69, 9.17) is 0 Å². The van der Waals surface area contributed by atoms with Crippen molar-refractivity contribution in [3.05, 3.63) is 0 Å². The molecule has 1 rings (SSSR count). The third kappa shape index (κ3) is 3.18. The molecule has 1 aliphatic heterocycles. The largest absolute Gasteiger partial charge is 0.317 e. The number of nitrogens with zero attached hydrogens (tertiary/aromatic N) is 1. The maximum Gasteiger partial charge on any atom is 0.0235 e. The summed E-state index contributed by atoms with van der Waals surface area (Å²) in [5, 5.41) is 3.48. The van der Waals surface area contributed by atoms with Gasteiger partial charge in [0, 0.05) is 11.6 Å². The maximum atomic E-state index is 3.48. The van der Waals surface area contributed by atoms with Gasteiger partial charge in [0.15, 0.2) is 0 Å². The van der Waals surface area contributed by atoms with Gasteiger partial charge in [-0.05, 0) is 59.2 Å². The minimum Gasteiger partial charge on any atom is -0.317 e. The van der Waals surface area contributed by atoms with E-state index in [1.54, 1.807) is 0 Å². The highest BCUT2D eigenvalue weighted by atomic mass is 15.2. The molecule has 0 unspecified atom stereocenters. The van der Waals surface area contributed by atoms with E-state index in [0.29, 0.717) is 11.6 Å². The first-order valence-electron chi connectivity index (χ1n) is 6.41. The maximum absolute atomic E-state index is 3.48. The van der Waals surface area contributed by atoms with Gasteiger partial charge in [0.2, 0.25) is 0 Å². The lowest BCUT2D eigenvalue weighted by molar-refractivity contribution is 0.0363. The van der Waals surface area contributed by atoms with Gasteiger partial charge in [-0.15, -0.1) is 0 Å². The third-order valence-corrected chi connectivity index (χ3v) is 3.85. The Kier molecular flexibility index (Phi) is 4.60. The predicted molar refractivity (Wildman–Crippen MR) is 67.2 cm³/mol. The van der Waals surface area contributed by atoms with Crippen LogP contribution in [0.3, 0.4) is 0 Å². The van der Waals surface area contributed by atoms with Crippen LogP contribution in [0.15, 0.2) is 0 Å². The zero-order chi connectivity index (χ0) is 11.5. The van der Waals surface area contributed by atoms with Gasteiger partial charge in [-0.1, -0.05) is 13.8 Å². The van der Waals surface area contributed by atoms with Crippen LogP contribution < -0.4 is 5.32 Å². The van der Waals surface area contributed by atoms with Crippen LogP contribution in [0.2, 0.25) is 0 Å². The fourth-order valence-corrected chi connectivity index (χ4v) is 2.90. The van der Waals surface area contributed by atoms with Gasteiger partial charge in [0.25, 0.3) is 0 Å². The normalized spacial score (nSPS) is 21.6. The fraction of sp³-hybridized carbons (Fsp3) is 1.00. The van der Waals surface area contributed by atoms with E-state index in [9.17, 15) is 0 Å². The van der Waals surface area contributed by atoms with E-state index < -0.39 is 0 Å². The minimum atomic E-state index is 0.452. The number of hydrogen-bond donors (Lipinski definition) is 1. The molecule has 15 heavy (non-hydrogen) atoms. The number of rotatable bonds is 4. The second kappa shape index (κ2) is 5.31. The summed E-state index contributed by atoms with van der Waals surface area (Å²) in [4.78, 5) is 2.60. The van der Waals surface area contributed by atoms with Crippen LogP contribution in [0, 0.1) is 5.92 Å². The van der Waals surface area contributed by atoms with Crippen molar-refractivity contribution in [3.63, 3.8) is 0 Å². The van der Waals surface area contributed by atoms with E-state index >= 15 is 0 Å². The van der Waals surface area contributed by atoms with Gasteiger partial charge >= 0.3 is 0 Å². The Hall–Kier alpha value is -0.0800. The second-order valence-electron chi connectivity index (χ2n) is 5.78. The summed E-state index contributed by atoms with van der Waals surface area (Å²) in [6, 6.07) is 0.654. The zero-order valence-electron chi connectivity index (χ0n) is 11.1. The molecular formula is C13H28N2. The van der Waals surface area contributed by atoms with Crippen molar-refractivity contribution in [2.75, 3.05) is 20.1 Å². The van der Waals surface area contributed by atoms with Crippen LogP contribution in [-0.4, -0.2) is 36.6 Å². The van der Waals surface area contributed by atoms with Crippen LogP contribution in [0.1, 0.15) is 47.0 Å². The number of piperidine rings is 1. The highest BCUT2D eigenvalue weighted by molar-refractivity contribution is 4.95. The van der Waals surface area contributed by atoms with E-state index in [2.05, 4.69) is 45.0 Å². The van der Waals surface area contributed by atoms with Crippen LogP contribution in [0.25, 0.3) is 0 Å². The number of nitrogens with one attached hydrogen (secondary N) is 1. The van der Waals surface area contributed by atoms with Crippen molar-refractivity contribution in [3.8, 4) is 0 Å². The second-order valence-corrected chi connectivity index (χ2v) is 5.78. The Bertz CT molecular complexity index is 181. The quantitative estimate of drug-likeness (QED) is 0.770. The molecule has 0 spiro atoms. The predicted octanol–water partition coefficient (Wildman–Crippen LogP) is 2.49. The van der Waals surface area contributed by atoms with Crippen LogP contribution in [0.4, 0.5) is 0 Å². The molecule has 1 aliphatic rings. The summed E-state index contributed by atoms with van der Waals surface area (Å²) in [7, 11) is 2.30. The summed E-state index contributed by atoms with van der Waals surface area (Å²) >= 11 is 0. The first-order valence-corrected chi connectivity index (χ1v) is 6.41. The van der Waals surface area contributed by atoms with E-state index in [-0.39, 0.29) is 0 Å². The Morgan fingerprint density at radius 1 is 1.13 bits per heavy atom. The molecule has 0 aliphatic carbocycles. The molecule has 0 amide bonds. The average Bonchev–Trinajstić information content (AvgIpc) is 2.16. The summed E-state index contributed by atoms with van der Waals surface area (Å²) < 4.78 is 0. The lowest BCUT2D eigenvalue weighted by Gasteiger charge is -2.48. The summed E-state index contributed by atoms with van der Waals surface area (Å²) in [6.07, 6.45) is 3.95. The van der Waals surface area contributed by atoms with Crippen molar-refractivity contribution >= 4 is 0 Å². The van der Waals surface area contributed by atoms with Crippen LogP contribution in [-0.2, 0) is 0 Å². The van der Waals surface area contributed by atoms with Gasteiger partial charge in [-0.3, -0.25) is 4.90 Å². The zero-order valence-corrected chi connectivity index (χ0v) is 11.1. The first-order chi connectivity index (χ1) is 6.98. The smallest absolute Gasteiger partial charge is 0.0235 e. The Morgan fingerprint density at radius 2 is 1.67 bits per heavy atom. The van der Waals surface area contributed by atoms with Gasteiger partial charge in [0.05, 0.1) is 0 Å². The molecule has 2 heteroatoms. The standard InChI is InChI=1S/C13H28N2/c1-11(2)10-13(15(5)12(3)4)6-8-14-9-7-13/h11-12,14H,6-10H2,1-5H3. The molecule has 1 fully saturated rings. The Balaban J connectivity index is 2.74. The van der Waals surface area contributed by atoms with Crippen molar-refractivity contribution in [1.29, 1.82) is 0 Å². The van der Waals surface area contributed by atoms with Crippen molar-refractivity contribution in [1.82, 2.24) is 10.2 Å². The summed E-state index contributed by atoms with van der Waals surface area (Å²) in [5.41, 5.74) is 0.452. The molecule has 0 bridgehead atoms. The molecular weight excluding hydrogens is 184 g/mol. The highest BCUT2D eigenvalue weighted by Crippen LogP contribution is 2.33. The molecule has 0 saturated carbocycles. The van der Waals surface area contributed by atoms with Gasteiger partial charge in [-0.25, -0.2) is 0 Å². The van der Waals surface area contributed by atoms with Crippen molar-refractivity contribution in [2.24, 2.45) is 5.92 Å². The first kappa shape index (κ1) is 13.0. The molecule has 0 aromatic rings. The van der Waals surface area contributed by atoms with Gasteiger partial charge < -0.3 is 5.32 Å². The fourth-order valence-electron chi connectivity index (χ4n) is 2.90. The molecule has 1 N–H and O–H groups in total. The highest BCUT2D eigenvalue weighted by Gasteiger charge is 2.37. The lowest BCUT2D eigenvalue weighted by atomic mass is 9.79. The molecule has 0 atom stereocenters. The Labute approximate surface area is 95.4 Å². The molecule has 0 radical (unpaired) electrons. The van der Waals surface area contributed by atoms with E-state index in [0.717, 1.165) is 5.92 Å². The molecule has 90 valence electrons. The lowest BCUT2D eigenvalue weighted by Crippen LogP contribution is -2.55. The number of hydrogen-bond acceptors (Lipinski definition) is 2. The molecule has 2 nitrogen and oxygen atoms in total. The van der Waals surface area contributed by atoms with Crippen molar-refractivity contribution in [2.45, 2.75) is 58.5 Å². The monoisotopic (exact) mass is 212 g/mol. The molecule has 1 saturated heterocycles. The Morgan fingerprint density at radius 3 is 2.07 bits per heavy atom. The average molecular weight is 212 g/mol. The van der Waals surface area contributed by atoms with Crippen LogP contribution in [0.5, 0.6) is 0 Å². The topological polar surface area (TPSA) is 15.3 Å². The molecule has 1 heterocycles. The summed E-state index contributed by atoms with van der Waals surface area (Å²) in [6.45, 7) is 11.7. The van der Waals surface area contributed by atoms with E-state index in [1.807, 2.05) is 0 Å². The molecule has 0 aromatic heterocycles. The minimum absolute atomic E-state index is 0.452. The van der Waals surface area contributed by atoms with Crippen molar-refractivity contribution < 1.29 is 0 Å². The van der Waals surface area contributed by atoms with Gasteiger partial charge in [0.1, 0.15) is 0 Å². The van der Waals surface area contributed by atoms with Gasteiger partial charge in [-0.2, -0.15) is 0 Å². The molecule has 0 aromatic carbocycles. The van der Waals surface area contributed by atoms with E-state index in [1.165, 1.54) is 32.4 Å². The SMILES string of the molecule is CC(C)CC1(N(C)C(C)C)CCNCC1. The third-order valence-electron chi connectivity index (χ3n) is 3.85. The van der Waals surface area contributed by atoms with Crippen LogP contribution >= 0.6 is 0 Å².